The number of hydrogen-bond acceptors (Lipinski definition) is 19. The van der Waals surface area contributed by atoms with Gasteiger partial charge in [0.05, 0.1) is 21.2 Å². The molecule has 318 valence electrons. The molecule has 5 aromatic rings. The van der Waals surface area contributed by atoms with Gasteiger partial charge in [-0.15, -0.1) is 10.2 Å². The molecule has 8 N–H and O–H groups in total. The lowest BCUT2D eigenvalue weighted by Crippen LogP contribution is -2.28. The summed E-state index contributed by atoms with van der Waals surface area (Å²) < 4.78 is 175. The molecule has 1 aromatic heterocycles. The SMILES string of the molecule is C=CS(=O)(=O)CCNC(=O)c1cccc(Nc2nc(F)nc(Nc3cc(S(=O)(=O)O)cc4c(N=Nc5cc(S(=O)(=O)O)ccc5S(=O)(=O)O)c(S(=O)(=O)O)cc(O)c34)n2)c1. The van der Waals surface area contributed by atoms with Crippen LogP contribution in [0.3, 0.4) is 0 Å². The molecule has 0 unspecified atom stereocenters. The van der Waals surface area contributed by atoms with Gasteiger partial charge in [-0.05, 0) is 48.5 Å². The summed E-state index contributed by atoms with van der Waals surface area (Å²) in [4.78, 5) is 18.9. The normalized spacial score (nSPS) is 12.7. The number of nitrogens with one attached hydrogen (secondary N) is 3. The van der Waals surface area contributed by atoms with Gasteiger partial charge in [-0.2, -0.15) is 53.0 Å². The first-order valence-electron chi connectivity index (χ1n) is 15.6. The lowest BCUT2D eigenvalue weighted by atomic mass is 10.1. The monoisotopic (exact) mass is 932 g/mol. The van der Waals surface area contributed by atoms with Crippen LogP contribution in [0.4, 0.5) is 39.0 Å². The first-order valence-corrected chi connectivity index (χ1v) is 23.1. The van der Waals surface area contributed by atoms with Crippen molar-refractivity contribution in [2.75, 3.05) is 22.9 Å². The molecule has 30 heteroatoms. The van der Waals surface area contributed by atoms with Crippen LogP contribution in [0.15, 0.2) is 102 Å². The van der Waals surface area contributed by atoms with Crippen LogP contribution >= 0.6 is 0 Å². The Kier molecular flexibility index (Phi) is 12.4. The number of sulfone groups is 1. The van der Waals surface area contributed by atoms with Crippen molar-refractivity contribution < 1.29 is 74.6 Å². The molecule has 0 aliphatic carbocycles. The zero-order valence-corrected chi connectivity index (χ0v) is 33.4. The highest BCUT2D eigenvalue weighted by Gasteiger charge is 2.27. The number of carbonyl (C=O) groups is 1. The molecule has 0 fully saturated rings. The summed E-state index contributed by atoms with van der Waals surface area (Å²) in [5.74, 6) is -3.55. The van der Waals surface area contributed by atoms with Crippen molar-refractivity contribution in [3.05, 3.63) is 84.3 Å². The van der Waals surface area contributed by atoms with Crippen LogP contribution in [0, 0.1) is 6.08 Å². The van der Waals surface area contributed by atoms with E-state index >= 15 is 0 Å². The van der Waals surface area contributed by atoms with Crippen molar-refractivity contribution in [1.29, 1.82) is 0 Å². The Hall–Kier alpha value is -6.12. The lowest BCUT2D eigenvalue weighted by molar-refractivity contribution is 0.0956. The predicted octanol–water partition coefficient (Wildman–Crippen LogP) is 3.05. The maximum Gasteiger partial charge on any atom is 0.315 e. The predicted molar refractivity (Wildman–Crippen MR) is 205 cm³/mol. The van der Waals surface area contributed by atoms with Gasteiger partial charge in [-0.25, -0.2) is 8.42 Å². The Morgan fingerprint density at radius 2 is 1.37 bits per heavy atom. The Balaban J connectivity index is 1.63. The van der Waals surface area contributed by atoms with Gasteiger partial charge in [0.1, 0.15) is 26.9 Å². The zero-order chi connectivity index (χ0) is 44.6. The second kappa shape index (κ2) is 16.5. The molecule has 0 bridgehead atoms. The summed E-state index contributed by atoms with van der Waals surface area (Å²) in [6, 6.07) is 8.23. The lowest BCUT2D eigenvalue weighted by Gasteiger charge is -2.15. The number of aromatic nitrogens is 3. The molecular weight excluding hydrogens is 908 g/mol. The number of phenols is 1. The van der Waals surface area contributed by atoms with Gasteiger partial charge >= 0.3 is 6.08 Å². The van der Waals surface area contributed by atoms with Gasteiger partial charge in [0.2, 0.25) is 11.9 Å². The topological polar surface area (TPSA) is 388 Å². The van der Waals surface area contributed by atoms with Crippen molar-refractivity contribution in [2.24, 2.45) is 10.2 Å². The summed E-state index contributed by atoms with van der Waals surface area (Å²) in [6.07, 6.45) is -1.49. The molecule has 24 nitrogen and oxygen atoms in total. The summed E-state index contributed by atoms with van der Waals surface area (Å²) in [5.41, 5.74) is -2.76. The van der Waals surface area contributed by atoms with E-state index in [0.29, 0.717) is 36.4 Å². The fraction of sp³-hybridized carbons (Fsp3) is 0.0667. The fourth-order valence-corrected chi connectivity index (χ4v) is 7.87. The highest BCUT2D eigenvalue weighted by atomic mass is 32.2. The molecule has 0 aliphatic heterocycles. The quantitative estimate of drug-likeness (QED) is 0.0552. The summed E-state index contributed by atoms with van der Waals surface area (Å²) in [7, 11) is -24.7. The maximum absolute atomic E-state index is 14.8. The van der Waals surface area contributed by atoms with E-state index < -0.39 is 133 Å². The number of aromatic hydroxyl groups is 1. The summed E-state index contributed by atoms with van der Waals surface area (Å²) in [5, 5.41) is 24.6. The van der Waals surface area contributed by atoms with Gasteiger partial charge in [0.25, 0.3) is 46.4 Å². The summed E-state index contributed by atoms with van der Waals surface area (Å²) in [6.45, 7) is 2.91. The fourth-order valence-electron chi connectivity index (χ4n) is 5.02. The number of nitrogens with zero attached hydrogens (tertiary/aromatic N) is 5. The highest BCUT2D eigenvalue weighted by molar-refractivity contribution is 7.94. The van der Waals surface area contributed by atoms with Crippen molar-refractivity contribution in [1.82, 2.24) is 20.3 Å². The number of hydrogen-bond donors (Lipinski definition) is 8. The van der Waals surface area contributed by atoms with E-state index in [1.807, 2.05) is 0 Å². The van der Waals surface area contributed by atoms with Crippen LogP contribution in [0.2, 0.25) is 0 Å². The first-order chi connectivity index (χ1) is 27.7. The number of rotatable bonds is 15. The Bertz CT molecular complexity index is 3220. The minimum absolute atomic E-state index is 0.00501. The smallest absolute Gasteiger partial charge is 0.315 e. The highest BCUT2D eigenvalue weighted by Crippen LogP contribution is 2.45. The van der Waals surface area contributed by atoms with Crippen LogP contribution in [0.1, 0.15) is 10.4 Å². The van der Waals surface area contributed by atoms with E-state index in [0.717, 1.165) is 5.41 Å². The van der Waals surface area contributed by atoms with E-state index in [1.165, 1.54) is 24.3 Å². The van der Waals surface area contributed by atoms with E-state index in [1.54, 1.807) is 0 Å². The van der Waals surface area contributed by atoms with Gasteiger partial charge in [0, 0.05) is 40.0 Å². The second-order valence-corrected chi connectivity index (χ2v) is 19.4. The van der Waals surface area contributed by atoms with Crippen LogP contribution in [0.25, 0.3) is 10.8 Å². The molecule has 0 spiro atoms. The Morgan fingerprint density at radius 3 is 1.97 bits per heavy atom. The van der Waals surface area contributed by atoms with Crippen molar-refractivity contribution in [2.45, 2.75) is 19.6 Å². The largest absolute Gasteiger partial charge is 0.507 e. The molecule has 1 amide bonds. The number of carbonyl (C=O) groups excluding carboxylic acids is 1. The number of benzene rings is 4. The third-order valence-corrected chi connectivity index (χ3v) is 12.4. The van der Waals surface area contributed by atoms with E-state index in [4.69, 9.17) is 0 Å². The van der Waals surface area contributed by atoms with Crippen LogP contribution in [-0.4, -0.2) is 98.6 Å². The molecule has 60 heavy (non-hydrogen) atoms. The van der Waals surface area contributed by atoms with E-state index in [2.05, 4.69) is 47.7 Å². The molecule has 1 heterocycles. The molecule has 0 saturated heterocycles. The standard InChI is InChI=1S/C30H25FN8O16S5/c1-2-56(42,43)9-8-32-27(41)15-4-3-5-16(10-15)33-29-35-28(31)36-30(37-29)34-21-13-18(58(47,48)49)11-19-25(21)22(40)14-24(60(53,54)55)26(19)39-38-20-12-17(57(44,45)46)6-7-23(20)59(50,51)52/h2-7,10-14,40H,1,8-9H2,(H,32,41)(H,44,45,46)(H,47,48,49)(H,50,51,52)(H,53,54,55)(H2,33,34,35,36,37). The molecule has 0 atom stereocenters. The number of azo groups is 1. The number of anilines is 4. The Labute approximate surface area is 337 Å². The Morgan fingerprint density at radius 1 is 0.733 bits per heavy atom. The molecule has 0 radical (unpaired) electrons. The molecule has 4 aromatic carbocycles. The van der Waals surface area contributed by atoms with E-state index in [9.17, 15) is 74.6 Å². The number of fused-ring (bicyclic) bond motifs is 1. The second-order valence-electron chi connectivity index (χ2n) is 11.7. The molecule has 5 rings (SSSR count). The van der Waals surface area contributed by atoms with Crippen molar-refractivity contribution in [3.8, 4) is 5.75 Å². The average molecular weight is 933 g/mol. The van der Waals surface area contributed by atoms with Crippen molar-refractivity contribution in [3.63, 3.8) is 0 Å². The zero-order valence-electron chi connectivity index (χ0n) is 29.4. The average Bonchev–Trinajstić information content (AvgIpc) is 3.12. The van der Waals surface area contributed by atoms with Crippen LogP contribution < -0.4 is 16.0 Å². The van der Waals surface area contributed by atoms with Gasteiger partial charge < -0.3 is 21.1 Å². The van der Waals surface area contributed by atoms with E-state index in [-0.39, 0.29) is 17.8 Å². The number of phenolic OH excluding ortho intramolecular Hbond substituents is 1. The third kappa shape index (κ3) is 10.7. The summed E-state index contributed by atoms with van der Waals surface area (Å²) >= 11 is 0. The number of amides is 1. The minimum Gasteiger partial charge on any atom is -0.507 e. The van der Waals surface area contributed by atoms with Gasteiger partial charge in [-0.1, -0.05) is 12.6 Å². The van der Waals surface area contributed by atoms with Gasteiger partial charge in [-0.3, -0.25) is 23.0 Å². The van der Waals surface area contributed by atoms with Crippen molar-refractivity contribution >= 4 is 102 Å². The minimum atomic E-state index is -5.50. The molecule has 0 aliphatic rings. The molecule has 0 saturated carbocycles. The molecular formula is C30H25FN8O16S5. The van der Waals surface area contributed by atoms with Gasteiger partial charge in [0.15, 0.2) is 9.84 Å². The maximum atomic E-state index is 14.8. The first kappa shape index (κ1) is 45.0. The third-order valence-electron chi connectivity index (χ3n) is 7.63. The van der Waals surface area contributed by atoms with Crippen LogP contribution in [-0.2, 0) is 50.3 Å². The number of halogens is 1. The van der Waals surface area contributed by atoms with Crippen LogP contribution in [0.5, 0.6) is 5.75 Å².